The molecule has 0 spiro atoms. The predicted octanol–water partition coefficient (Wildman–Crippen LogP) is 3.63. The van der Waals surface area contributed by atoms with Crippen LogP contribution in [-0.4, -0.2) is 16.2 Å². The summed E-state index contributed by atoms with van der Waals surface area (Å²) < 4.78 is 1.15. The third-order valence-electron chi connectivity index (χ3n) is 1.92. The Hall–Kier alpha value is -0.590. The molecule has 0 aromatic carbocycles. The minimum absolute atomic E-state index is 0.793. The summed E-state index contributed by atoms with van der Waals surface area (Å²) in [5, 5.41) is 4.25. The van der Waals surface area contributed by atoms with Crippen molar-refractivity contribution in [3.05, 3.63) is 33.2 Å². The fraction of sp³-hybridized carbons (Fsp3) is 0.200. The molecular weight excluding hydrogens is 306 g/mol. The minimum Gasteiger partial charge on any atom is -0.365 e. The second-order valence-electron chi connectivity index (χ2n) is 3.00. The number of thiophene rings is 1. The number of rotatable bonds is 4. The molecule has 0 aliphatic carbocycles. The van der Waals surface area contributed by atoms with E-state index in [4.69, 9.17) is 0 Å². The van der Waals surface area contributed by atoms with E-state index in [0.29, 0.717) is 0 Å². The van der Waals surface area contributed by atoms with Crippen LogP contribution >= 0.6 is 39.0 Å². The second kappa shape index (κ2) is 5.65. The van der Waals surface area contributed by atoms with Crippen LogP contribution in [0.1, 0.15) is 4.88 Å². The van der Waals surface area contributed by atoms with Crippen molar-refractivity contribution >= 4 is 44.8 Å². The molecule has 2 rings (SSSR count). The molecule has 84 valence electrons. The normalized spacial score (nSPS) is 10.4. The van der Waals surface area contributed by atoms with Gasteiger partial charge in [-0.05, 0) is 34.3 Å². The number of nitrogens with zero attached hydrogens (tertiary/aromatic N) is 2. The average molecular weight is 316 g/mol. The van der Waals surface area contributed by atoms with Crippen molar-refractivity contribution in [1.82, 2.24) is 9.97 Å². The maximum atomic E-state index is 4.17. The van der Waals surface area contributed by atoms with Gasteiger partial charge in [0, 0.05) is 10.9 Å². The number of hydrogen-bond acceptors (Lipinski definition) is 5. The lowest BCUT2D eigenvalue weighted by Gasteiger charge is -2.04. The first-order valence-electron chi connectivity index (χ1n) is 4.62. The van der Waals surface area contributed by atoms with E-state index in [-0.39, 0.29) is 0 Å². The summed E-state index contributed by atoms with van der Waals surface area (Å²) in [6, 6.07) is 6.10. The maximum absolute atomic E-state index is 4.17. The van der Waals surface area contributed by atoms with Crippen LogP contribution in [0.5, 0.6) is 0 Å². The lowest BCUT2D eigenvalue weighted by molar-refractivity contribution is 1.03. The molecule has 3 nitrogen and oxygen atoms in total. The molecular formula is C10H10BrN3S2. The molecule has 0 unspecified atom stereocenters. The van der Waals surface area contributed by atoms with Crippen LogP contribution in [0.2, 0.25) is 0 Å². The van der Waals surface area contributed by atoms with E-state index in [0.717, 1.165) is 21.2 Å². The number of hydrogen-bond donors (Lipinski definition) is 1. The van der Waals surface area contributed by atoms with Crippen LogP contribution in [-0.2, 0) is 6.54 Å². The number of halogens is 1. The topological polar surface area (TPSA) is 37.8 Å². The lowest BCUT2D eigenvalue weighted by atomic mass is 10.4. The Morgan fingerprint density at radius 3 is 3.00 bits per heavy atom. The summed E-state index contributed by atoms with van der Waals surface area (Å²) in [6.07, 6.45) is 3.58. The van der Waals surface area contributed by atoms with Gasteiger partial charge in [-0.25, -0.2) is 9.97 Å². The zero-order valence-electron chi connectivity index (χ0n) is 8.61. The van der Waals surface area contributed by atoms with Crippen molar-refractivity contribution in [3.63, 3.8) is 0 Å². The van der Waals surface area contributed by atoms with Gasteiger partial charge in [0.25, 0.3) is 0 Å². The number of anilines is 1. The van der Waals surface area contributed by atoms with E-state index in [1.807, 2.05) is 12.3 Å². The quantitative estimate of drug-likeness (QED) is 0.690. The minimum atomic E-state index is 0.793. The fourth-order valence-corrected chi connectivity index (χ4v) is 2.98. The third-order valence-corrected chi connectivity index (χ3v) is 4.19. The van der Waals surface area contributed by atoms with Gasteiger partial charge >= 0.3 is 0 Å². The van der Waals surface area contributed by atoms with Crippen molar-refractivity contribution in [2.24, 2.45) is 0 Å². The molecule has 2 aromatic rings. The summed E-state index contributed by atoms with van der Waals surface area (Å²) in [5.41, 5.74) is 0. The van der Waals surface area contributed by atoms with Gasteiger partial charge in [0.1, 0.15) is 17.2 Å². The van der Waals surface area contributed by atoms with Gasteiger partial charge in [-0.2, -0.15) is 0 Å². The number of thioether (sulfide) groups is 1. The Bertz CT molecular complexity index is 473. The molecule has 0 aliphatic heterocycles. The molecule has 0 radical (unpaired) electrons. The van der Waals surface area contributed by atoms with Crippen LogP contribution in [0.4, 0.5) is 5.82 Å². The highest BCUT2D eigenvalue weighted by Crippen LogP contribution is 2.23. The first-order valence-corrected chi connectivity index (χ1v) is 7.45. The Morgan fingerprint density at radius 1 is 1.44 bits per heavy atom. The summed E-state index contributed by atoms with van der Waals surface area (Å²) >= 11 is 6.78. The van der Waals surface area contributed by atoms with Crippen LogP contribution in [0, 0.1) is 0 Å². The van der Waals surface area contributed by atoms with E-state index in [1.54, 1.807) is 29.4 Å². The molecule has 0 fully saturated rings. The van der Waals surface area contributed by atoms with E-state index in [2.05, 4.69) is 43.3 Å². The van der Waals surface area contributed by atoms with Gasteiger partial charge in [0.05, 0.1) is 10.3 Å². The van der Waals surface area contributed by atoms with E-state index >= 15 is 0 Å². The SMILES string of the molecule is CSc1cc(NCc2ccc(Br)s2)ncn1. The Balaban J connectivity index is 1.99. The zero-order chi connectivity index (χ0) is 11.4. The number of aromatic nitrogens is 2. The largest absolute Gasteiger partial charge is 0.365 e. The molecule has 0 saturated heterocycles. The van der Waals surface area contributed by atoms with Gasteiger partial charge < -0.3 is 5.32 Å². The first kappa shape index (κ1) is 11.9. The van der Waals surface area contributed by atoms with Crippen molar-refractivity contribution in [3.8, 4) is 0 Å². The monoisotopic (exact) mass is 315 g/mol. The highest BCUT2D eigenvalue weighted by atomic mass is 79.9. The van der Waals surface area contributed by atoms with Gasteiger partial charge in [0.15, 0.2) is 0 Å². The van der Waals surface area contributed by atoms with Crippen LogP contribution in [0.15, 0.2) is 33.3 Å². The molecule has 2 aromatic heterocycles. The smallest absolute Gasteiger partial charge is 0.130 e. The Labute approximate surface area is 111 Å². The molecule has 0 saturated carbocycles. The zero-order valence-corrected chi connectivity index (χ0v) is 11.8. The molecule has 16 heavy (non-hydrogen) atoms. The highest BCUT2D eigenvalue weighted by molar-refractivity contribution is 9.11. The fourth-order valence-electron chi connectivity index (χ4n) is 1.17. The van der Waals surface area contributed by atoms with E-state index in [9.17, 15) is 0 Å². The lowest BCUT2D eigenvalue weighted by Crippen LogP contribution is -2.00. The van der Waals surface area contributed by atoms with Gasteiger partial charge in [-0.3, -0.25) is 0 Å². The Morgan fingerprint density at radius 2 is 2.31 bits per heavy atom. The van der Waals surface area contributed by atoms with Gasteiger partial charge in [-0.15, -0.1) is 23.1 Å². The van der Waals surface area contributed by atoms with Crippen LogP contribution < -0.4 is 5.32 Å². The summed E-state index contributed by atoms with van der Waals surface area (Å²) in [7, 11) is 0. The van der Waals surface area contributed by atoms with Crippen molar-refractivity contribution in [2.75, 3.05) is 11.6 Å². The summed E-state index contributed by atoms with van der Waals surface area (Å²) in [6.45, 7) is 0.793. The molecule has 0 aliphatic rings. The van der Waals surface area contributed by atoms with Gasteiger partial charge in [-0.1, -0.05) is 0 Å². The summed E-state index contributed by atoms with van der Waals surface area (Å²) in [4.78, 5) is 9.56. The Kier molecular flexibility index (Phi) is 4.20. The first-order chi connectivity index (χ1) is 7.78. The maximum Gasteiger partial charge on any atom is 0.130 e. The summed E-state index contributed by atoms with van der Waals surface area (Å²) in [5.74, 6) is 0.865. The van der Waals surface area contributed by atoms with Crippen molar-refractivity contribution < 1.29 is 0 Å². The number of nitrogens with one attached hydrogen (secondary N) is 1. The third kappa shape index (κ3) is 3.20. The average Bonchev–Trinajstić information content (AvgIpc) is 2.73. The van der Waals surface area contributed by atoms with Crippen LogP contribution in [0.25, 0.3) is 0 Å². The molecule has 0 amide bonds. The second-order valence-corrected chi connectivity index (χ2v) is 6.38. The van der Waals surface area contributed by atoms with Crippen LogP contribution in [0.3, 0.4) is 0 Å². The molecule has 6 heteroatoms. The van der Waals surface area contributed by atoms with E-state index < -0.39 is 0 Å². The molecule has 0 bridgehead atoms. The standard InChI is InChI=1S/C10H10BrN3S2/c1-15-10-4-9(13-6-14-10)12-5-7-2-3-8(11)16-7/h2-4,6H,5H2,1H3,(H,12,13,14). The molecule has 0 atom stereocenters. The van der Waals surface area contributed by atoms with Crippen molar-refractivity contribution in [1.29, 1.82) is 0 Å². The highest BCUT2D eigenvalue weighted by Gasteiger charge is 2.00. The predicted molar refractivity (Wildman–Crippen MR) is 73.2 cm³/mol. The van der Waals surface area contributed by atoms with Gasteiger partial charge in [0.2, 0.25) is 0 Å². The molecule has 2 heterocycles. The van der Waals surface area contributed by atoms with Crippen molar-refractivity contribution in [2.45, 2.75) is 11.6 Å². The van der Waals surface area contributed by atoms with E-state index in [1.165, 1.54) is 4.88 Å². The molecule has 1 N–H and O–H groups in total.